The van der Waals surface area contributed by atoms with Crippen LogP contribution in [0.1, 0.15) is 22.5 Å². The van der Waals surface area contributed by atoms with E-state index in [1.807, 2.05) is 23.7 Å². The Labute approximate surface area is 132 Å². The minimum atomic E-state index is 0.114. The lowest BCUT2D eigenvalue weighted by atomic mass is 10.1. The molecule has 1 N–H and O–H groups in total. The molecule has 0 unspecified atom stereocenters. The van der Waals surface area contributed by atoms with Crippen molar-refractivity contribution >= 4 is 0 Å². The smallest absolute Gasteiger partial charge is 0.118 e. The predicted molar refractivity (Wildman–Crippen MR) is 87.0 cm³/mol. The first-order valence-electron chi connectivity index (χ1n) is 7.50. The summed E-state index contributed by atoms with van der Waals surface area (Å²) in [5, 5.41) is 13.6. The van der Waals surface area contributed by atoms with Crippen molar-refractivity contribution in [2.24, 2.45) is 0 Å². The van der Waals surface area contributed by atoms with E-state index in [2.05, 4.69) is 36.1 Å². The summed E-state index contributed by atoms with van der Waals surface area (Å²) in [5.74, 6) is 0.878. The summed E-state index contributed by atoms with van der Waals surface area (Å²) in [7, 11) is 3.78. The Morgan fingerprint density at radius 2 is 1.86 bits per heavy atom. The van der Waals surface area contributed by atoms with E-state index < -0.39 is 0 Å². The van der Waals surface area contributed by atoms with E-state index in [9.17, 15) is 0 Å². The van der Waals surface area contributed by atoms with E-state index in [-0.39, 0.29) is 6.61 Å². The summed E-state index contributed by atoms with van der Waals surface area (Å²) < 4.78 is 7.06. The average Bonchev–Trinajstić information content (AvgIpc) is 2.76. The number of aliphatic hydroxyl groups excluding tert-OH is 1. The van der Waals surface area contributed by atoms with Gasteiger partial charge in [-0.2, -0.15) is 5.10 Å². The predicted octanol–water partition coefficient (Wildman–Crippen LogP) is 2.13. The van der Waals surface area contributed by atoms with Crippen molar-refractivity contribution < 1.29 is 9.84 Å². The number of aromatic nitrogens is 2. The Morgan fingerprint density at radius 1 is 1.18 bits per heavy atom. The lowest BCUT2D eigenvalue weighted by Gasteiger charge is -2.17. The van der Waals surface area contributed by atoms with Crippen LogP contribution < -0.4 is 4.74 Å². The summed E-state index contributed by atoms with van der Waals surface area (Å²) in [6, 6.07) is 8.15. The van der Waals surface area contributed by atoms with Crippen LogP contribution in [0.3, 0.4) is 0 Å². The molecule has 0 radical (unpaired) electrons. The molecule has 2 aromatic rings. The second kappa shape index (κ2) is 7.42. The number of rotatable bonds is 7. The molecule has 0 aliphatic carbocycles. The van der Waals surface area contributed by atoms with Crippen molar-refractivity contribution in [3.63, 3.8) is 0 Å². The van der Waals surface area contributed by atoms with E-state index in [1.165, 1.54) is 11.1 Å². The van der Waals surface area contributed by atoms with Crippen LogP contribution in [0.2, 0.25) is 0 Å². The Bertz CT molecular complexity index is 605. The summed E-state index contributed by atoms with van der Waals surface area (Å²) >= 11 is 0. The number of hydrogen-bond donors (Lipinski definition) is 1. The zero-order chi connectivity index (χ0) is 16.1. The monoisotopic (exact) mass is 303 g/mol. The highest BCUT2D eigenvalue weighted by Gasteiger charge is 2.13. The van der Waals surface area contributed by atoms with Gasteiger partial charge >= 0.3 is 0 Å². The van der Waals surface area contributed by atoms with Gasteiger partial charge in [0.25, 0.3) is 0 Å². The minimum Gasteiger partial charge on any atom is -0.497 e. The average molecular weight is 303 g/mol. The molecule has 0 amide bonds. The number of aryl methyl sites for hydroxylation is 1. The fourth-order valence-electron chi connectivity index (χ4n) is 2.64. The molecule has 0 spiro atoms. The molecule has 0 aliphatic heterocycles. The second-order valence-corrected chi connectivity index (χ2v) is 5.62. The Hall–Kier alpha value is -1.85. The van der Waals surface area contributed by atoms with E-state index in [4.69, 9.17) is 9.84 Å². The summed E-state index contributed by atoms with van der Waals surface area (Å²) in [4.78, 5) is 2.27. The van der Waals surface area contributed by atoms with Crippen molar-refractivity contribution in [3.05, 3.63) is 46.8 Å². The lowest BCUT2D eigenvalue weighted by molar-refractivity contribution is 0.267. The third-order valence-electron chi connectivity index (χ3n) is 3.88. The van der Waals surface area contributed by atoms with Crippen LogP contribution in [0, 0.1) is 13.8 Å². The molecule has 1 aromatic carbocycles. The van der Waals surface area contributed by atoms with Gasteiger partial charge in [-0.3, -0.25) is 9.58 Å². The minimum absolute atomic E-state index is 0.114. The zero-order valence-electron chi connectivity index (χ0n) is 13.8. The molecule has 5 nitrogen and oxygen atoms in total. The van der Waals surface area contributed by atoms with Gasteiger partial charge < -0.3 is 9.84 Å². The standard InChI is InChI=1S/C17H25N3O2/c1-13-17(14(2)20(18-13)9-10-21)12-19(3)11-15-5-7-16(22-4)8-6-15/h5-8,21H,9-12H2,1-4H3. The number of hydrogen-bond acceptors (Lipinski definition) is 4. The molecule has 1 heterocycles. The van der Waals surface area contributed by atoms with Crippen LogP contribution in [0.5, 0.6) is 5.75 Å². The van der Waals surface area contributed by atoms with Gasteiger partial charge in [-0.05, 0) is 38.6 Å². The highest BCUT2D eigenvalue weighted by atomic mass is 16.5. The molecular weight excluding hydrogens is 278 g/mol. The largest absolute Gasteiger partial charge is 0.497 e. The SMILES string of the molecule is COc1ccc(CN(C)Cc2c(C)nn(CCO)c2C)cc1. The van der Waals surface area contributed by atoms with Gasteiger partial charge in [-0.25, -0.2) is 0 Å². The van der Waals surface area contributed by atoms with Crippen LogP contribution in [-0.2, 0) is 19.6 Å². The number of aliphatic hydroxyl groups is 1. The van der Waals surface area contributed by atoms with Crippen LogP contribution in [0.15, 0.2) is 24.3 Å². The molecule has 0 saturated heterocycles. The van der Waals surface area contributed by atoms with Crippen LogP contribution >= 0.6 is 0 Å². The van der Waals surface area contributed by atoms with Crippen molar-refractivity contribution in [1.29, 1.82) is 0 Å². The first-order valence-corrected chi connectivity index (χ1v) is 7.50. The molecule has 0 bridgehead atoms. The Balaban J connectivity index is 2.03. The number of benzene rings is 1. The molecule has 1 aromatic heterocycles. The fourth-order valence-corrected chi connectivity index (χ4v) is 2.64. The summed E-state index contributed by atoms with van der Waals surface area (Å²) in [6.07, 6.45) is 0. The number of ether oxygens (including phenoxy) is 1. The molecule has 0 fully saturated rings. The zero-order valence-corrected chi connectivity index (χ0v) is 13.8. The van der Waals surface area contributed by atoms with Crippen LogP contribution in [-0.4, -0.2) is 40.6 Å². The third-order valence-corrected chi connectivity index (χ3v) is 3.88. The van der Waals surface area contributed by atoms with Gasteiger partial charge in [0.15, 0.2) is 0 Å². The quantitative estimate of drug-likeness (QED) is 0.851. The van der Waals surface area contributed by atoms with Crippen molar-refractivity contribution in [1.82, 2.24) is 14.7 Å². The van der Waals surface area contributed by atoms with Crippen molar-refractivity contribution in [2.45, 2.75) is 33.5 Å². The lowest BCUT2D eigenvalue weighted by Crippen LogP contribution is -2.18. The molecule has 0 atom stereocenters. The topological polar surface area (TPSA) is 50.5 Å². The summed E-state index contributed by atoms with van der Waals surface area (Å²) in [6.45, 7) is 6.46. The van der Waals surface area contributed by atoms with Gasteiger partial charge in [0.1, 0.15) is 5.75 Å². The van der Waals surface area contributed by atoms with Crippen molar-refractivity contribution in [2.75, 3.05) is 20.8 Å². The highest BCUT2D eigenvalue weighted by Crippen LogP contribution is 2.17. The maximum absolute atomic E-state index is 9.08. The first kappa shape index (κ1) is 16.5. The molecule has 22 heavy (non-hydrogen) atoms. The molecule has 5 heteroatoms. The first-order chi connectivity index (χ1) is 10.5. The van der Waals surface area contributed by atoms with E-state index in [0.717, 1.165) is 30.2 Å². The third kappa shape index (κ3) is 3.87. The van der Waals surface area contributed by atoms with Gasteiger partial charge in [0.05, 0.1) is 26.0 Å². The normalized spacial score (nSPS) is 11.2. The number of methoxy groups -OCH3 is 1. The second-order valence-electron chi connectivity index (χ2n) is 5.62. The van der Waals surface area contributed by atoms with E-state index >= 15 is 0 Å². The van der Waals surface area contributed by atoms with Crippen LogP contribution in [0.25, 0.3) is 0 Å². The molecule has 0 saturated carbocycles. The summed E-state index contributed by atoms with van der Waals surface area (Å²) in [5.41, 5.74) is 4.66. The molecule has 0 aliphatic rings. The number of nitrogens with zero attached hydrogens (tertiary/aromatic N) is 3. The highest BCUT2D eigenvalue weighted by molar-refractivity contribution is 5.28. The van der Waals surface area contributed by atoms with E-state index in [0.29, 0.717) is 6.54 Å². The van der Waals surface area contributed by atoms with Crippen molar-refractivity contribution in [3.8, 4) is 5.75 Å². The Kier molecular flexibility index (Phi) is 5.57. The molecule has 2 rings (SSSR count). The molecular formula is C17H25N3O2. The fraction of sp³-hybridized carbons (Fsp3) is 0.471. The van der Waals surface area contributed by atoms with Gasteiger partial charge in [0.2, 0.25) is 0 Å². The van der Waals surface area contributed by atoms with Gasteiger partial charge in [-0.15, -0.1) is 0 Å². The Morgan fingerprint density at radius 3 is 2.45 bits per heavy atom. The van der Waals surface area contributed by atoms with Gasteiger partial charge in [-0.1, -0.05) is 12.1 Å². The maximum Gasteiger partial charge on any atom is 0.118 e. The molecule has 120 valence electrons. The van der Waals surface area contributed by atoms with E-state index in [1.54, 1.807) is 7.11 Å². The van der Waals surface area contributed by atoms with Crippen LogP contribution in [0.4, 0.5) is 0 Å². The van der Waals surface area contributed by atoms with Gasteiger partial charge in [0, 0.05) is 24.3 Å². The maximum atomic E-state index is 9.08.